The largest absolute Gasteiger partial charge is 0.372 e. The molecule has 1 saturated heterocycles. The van der Waals surface area contributed by atoms with Crippen molar-refractivity contribution in [3.63, 3.8) is 0 Å². The van der Waals surface area contributed by atoms with Crippen molar-refractivity contribution in [1.29, 1.82) is 0 Å². The first-order valence-corrected chi connectivity index (χ1v) is 13.4. The normalized spacial score (nSPS) is 47.8. The van der Waals surface area contributed by atoms with Crippen LogP contribution >= 0.6 is 0 Å². The molecule has 0 aromatic carbocycles. The number of carbonyl (C=O) groups excluding carboxylic acids is 1. The van der Waals surface area contributed by atoms with E-state index in [0.717, 1.165) is 19.3 Å². The Balaban J connectivity index is 1.50. The van der Waals surface area contributed by atoms with Crippen LogP contribution in [0.3, 0.4) is 0 Å². The predicted molar refractivity (Wildman–Crippen MR) is 131 cm³/mol. The number of hydrogen-bond acceptors (Lipinski definition) is 2. The van der Waals surface area contributed by atoms with Crippen molar-refractivity contribution in [2.75, 3.05) is 0 Å². The fourth-order valence-electron chi connectivity index (χ4n) is 9.34. The van der Waals surface area contributed by atoms with Gasteiger partial charge in [-0.15, -0.1) is 0 Å². The topological polar surface area (TPSA) is 26.3 Å². The van der Waals surface area contributed by atoms with E-state index in [1.165, 1.54) is 32.1 Å². The molecule has 0 aromatic heterocycles. The maximum absolute atomic E-state index is 12.8. The van der Waals surface area contributed by atoms with Crippen LogP contribution in [0.2, 0.25) is 0 Å². The summed E-state index contributed by atoms with van der Waals surface area (Å²) in [5.41, 5.74) is 3.77. The van der Waals surface area contributed by atoms with Crippen molar-refractivity contribution in [2.45, 2.75) is 118 Å². The van der Waals surface area contributed by atoms with Crippen LogP contribution in [0.4, 0.5) is 0 Å². The SMILES string of the molecule is C[C@H](C1CCC(C)(C)O1)[C@H]1CC[C@@]2(C)C3=CC[C@H]4C(C)(C)C(=O)CC[C@]4(C)C3=CC[C@]12C. The van der Waals surface area contributed by atoms with Crippen molar-refractivity contribution >= 4 is 5.78 Å². The molecule has 0 radical (unpaired) electrons. The van der Waals surface area contributed by atoms with E-state index in [2.05, 4.69) is 67.5 Å². The summed E-state index contributed by atoms with van der Waals surface area (Å²) in [4.78, 5) is 12.8. The minimum Gasteiger partial charge on any atom is -0.372 e. The second-order valence-corrected chi connectivity index (χ2v) is 14.0. The molecule has 5 rings (SSSR count). The van der Waals surface area contributed by atoms with Crippen LogP contribution in [-0.2, 0) is 9.53 Å². The Morgan fingerprint density at radius 1 is 0.938 bits per heavy atom. The van der Waals surface area contributed by atoms with Gasteiger partial charge in [-0.2, -0.15) is 0 Å². The van der Waals surface area contributed by atoms with Gasteiger partial charge < -0.3 is 4.74 Å². The van der Waals surface area contributed by atoms with Crippen molar-refractivity contribution in [1.82, 2.24) is 0 Å². The third kappa shape index (κ3) is 2.83. The lowest BCUT2D eigenvalue weighted by Crippen LogP contribution is -2.53. The minimum atomic E-state index is -0.211. The Labute approximate surface area is 196 Å². The number of ether oxygens (including phenoxy) is 1. The fourth-order valence-corrected chi connectivity index (χ4v) is 9.34. The van der Waals surface area contributed by atoms with E-state index in [1.807, 2.05) is 0 Å². The third-order valence-electron chi connectivity index (χ3n) is 11.8. The predicted octanol–water partition coefficient (Wildman–Crippen LogP) is 7.67. The quantitative estimate of drug-likeness (QED) is 0.442. The molecule has 1 unspecified atom stereocenters. The molecule has 7 atom stereocenters. The van der Waals surface area contributed by atoms with Gasteiger partial charge in [0.25, 0.3) is 0 Å². The van der Waals surface area contributed by atoms with Gasteiger partial charge in [-0.25, -0.2) is 0 Å². The summed E-state index contributed by atoms with van der Waals surface area (Å²) >= 11 is 0. The minimum absolute atomic E-state index is 0.0437. The number of Topliss-reactive ketones (excluding diaryl/α,β-unsaturated/α-hetero) is 1. The Kier molecular flexibility index (Phi) is 4.89. The molecule has 0 amide bonds. The Bertz CT molecular complexity index is 891. The van der Waals surface area contributed by atoms with Gasteiger partial charge in [-0.05, 0) is 104 Å². The summed E-state index contributed by atoms with van der Waals surface area (Å²) in [7, 11) is 0. The highest BCUT2D eigenvalue weighted by atomic mass is 16.5. The summed E-state index contributed by atoms with van der Waals surface area (Å²) < 4.78 is 6.54. The van der Waals surface area contributed by atoms with Gasteiger partial charge in [0.1, 0.15) is 5.78 Å². The molecule has 3 fully saturated rings. The zero-order valence-electron chi connectivity index (χ0n) is 21.9. The number of fused-ring (bicyclic) bond motifs is 5. The van der Waals surface area contributed by atoms with Crippen LogP contribution in [0.1, 0.15) is 107 Å². The molecule has 178 valence electrons. The summed E-state index contributed by atoms with van der Waals surface area (Å²) in [5, 5.41) is 0. The molecular weight excluding hydrogens is 392 g/mol. The second-order valence-electron chi connectivity index (χ2n) is 14.0. The molecule has 32 heavy (non-hydrogen) atoms. The van der Waals surface area contributed by atoms with E-state index in [0.29, 0.717) is 35.1 Å². The fraction of sp³-hybridized carbons (Fsp3) is 0.833. The molecule has 0 N–H and O–H groups in total. The number of ketones is 1. The van der Waals surface area contributed by atoms with Crippen LogP contribution in [-0.4, -0.2) is 17.5 Å². The van der Waals surface area contributed by atoms with Gasteiger partial charge in [0.2, 0.25) is 0 Å². The van der Waals surface area contributed by atoms with Crippen molar-refractivity contribution in [3.8, 4) is 0 Å². The summed E-state index contributed by atoms with van der Waals surface area (Å²) in [6, 6.07) is 0. The Morgan fingerprint density at radius 3 is 2.31 bits per heavy atom. The molecular formula is C30H46O2. The zero-order chi connectivity index (χ0) is 23.3. The summed E-state index contributed by atoms with van der Waals surface area (Å²) in [5.74, 6) is 2.22. The van der Waals surface area contributed by atoms with Gasteiger partial charge in [-0.1, -0.05) is 53.7 Å². The molecule has 4 aliphatic carbocycles. The van der Waals surface area contributed by atoms with E-state index in [1.54, 1.807) is 11.1 Å². The smallest absolute Gasteiger partial charge is 0.138 e. The summed E-state index contributed by atoms with van der Waals surface area (Å²) in [6.07, 6.45) is 14.6. The Morgan fingerprint density at radius 2 is 1.66 bits per heavy atom. The molecule has 1 heterocycles. The molecule has 0 spiro atoms. The van der Waals surface area contributed by atoms with Crippen molar-refractivity contribution < 1.29 is 9.53 Å². The van der Waals surface area contributed by atoms with Gasteiger partial charge in [0.15, 0.2) is 0 Å². The monoisotopic (exact) mass is 438 g/mol. The van der Waals surface area contributed by atoms with Crippen molar-refractivity contribution in [3.05, 3.63) is 23.3 Å². The lowest BCUT2D eigenvalue weighted by atomic mass is 9.44. The molecule has 2 saturated carbocycles. The number of hydrogen-bond donors (Lipinski definition) is 0. The van der Waals surface area contributed by atoms with Crippen molar-refractivity contribution in [2.24, 2.45) is 39.4 Å². The van der Waals surface area contributed by atoms with Crippen LogP contribution < -0.4 is 0 Å². The lowest BCUT2D eigenvalue weighted by Gasteiger charge is -2.59. The van der Waals surface area contributed by atoms with Crippen LogP contribution in [0, 0.1) is 39.4 Å². The maximum atomic E-state index is 12.8. The molecule has 5 aliphatic rings. The number of allylic oxidation sites excluding steroid dienone is 4. The molecule has 2 heteroatoms. The van der Waals surface area contributed by atoms with E-state index >= 15 is 0 Å². The zero-order valence-corrected chi connectivity index (χ0v) is 21.9. The van der Waals surface area contributed by atoms with Crippen LogP contribution in [0.15, 0.2) is 23.3 Å². The van der Waals surface area contributed by atoms with Gasteiger partial charge >= 0.3 is 0 Å². The van der Waals surface area contributed by atoms with Crippen LogP contribution in [0.25, 0.3) is 0 Å². The first kappa shape index (κ1) is 22.9. The third-order valence-corrected chi connectivity index (χ3v) is 11.8. The molecule has 1 aliphatic heterocycles. The highest BCUT2D eigenvalue weighted by molar-refractivity contribution is 5.86. The van der Waals surface area contributed by atoms with E-state index in [9.17, 15) is 4.79 Å². The highest BCUT2D eigenvalue weighted by Gasteiger charge is 2.63. The molecule has 0 bridgehead atoms. The van der Waals surface area contributed by atoms with E-state index in [-0.39, 0.29) is 21.8 Å². The van der Waals surface area contributed by atoms with Crippen LogP contribution in [0.5, 0.6) is 0 Å². The lowest BCUT2D eigenvalue weighted by molar-refractivity contribution is -0.138. The first-order valence-electron chi connectivity index (χ1n) is 13.4. The van der Waals surface area contributed by atoms with Gasteiger partial charge in [-0.3, -0.25) is 4.79 Å². The van der Waals surface area contributed by atoms with E-state index in [4.69, 9.17) is 4.74 Å². The average molecular weight is 439 g/mol. The van der Waals surface area contributed by atoms with E-state index < -0.39 is 0 Å². The first-order chi connectivity index (χ1) is 14.8. The maximum Gasteiger partial charge on any atom is 0.138 e. The average Bonchev–Trinajstić information content (AvgIpc) is 3.21. The standard InChI is InChI=1S/C30H46O2/c1-19(23-13-15-26(2,3)32-23)20-11-17-30(8)22-9-10-24-27(4,5)25(31)14-16-28(24,6)21(22)12-18-29(20,30)7/h9,12,19-20,23-24H,10-11,13-18H2,1-8H3/t19-,20+,23?,24-,28+,29+,30-/m0/s1. The van der Waals surface area contributed by atoms with Gasteiger partial charge in [0, 0.05) is 11.8 Å². The second kappa shape index (κ2) is 6.83. The molecule has 0 aromatic rings. The van der Waals surface area contributed by atoms with Gasteiger partial charge in [0.05, 0.1) is 11.7 Å². The summed E-state index contributed by atoms with van der Waals surface area (Å²) in [6.45, 7) is 19.1. The highest BCUT2D eigenvalue weighted by Crippen LogP contribution is 2.71. The number of rotatable bonds is 2. The number of carbonyl (C=O) groups is 1. The Hall–Kier alpha value is -0.890. The molecule has 2 nitrogen and oxygen atoms in total.